The van der Waals surface area contributed by atoms with E-state index in [1.807, 2.05) is 0 Å². The van der Waals surface area contributed by atoms with Crippen molar-refractivity contribution in [1.82, 2.24) is 13.9 Å². The summed E-state index contributed by atoms with van der Waals surface area (Å²) >= 11 is 1.20. The Morgan fingerprint density at radius 2 is 2.41 bits per heavy atom. The van der Waals surface area contributed by atoms with E-state index in [4.69, 9.17) is 9.15 Å². The van der Waals surface area contributed by atoms with Crippen molar-refractivity contribution in [2.75, 3.05) is 6.61 Å². The molecule has 0 saturated heterocycles. The second-order valence-corrected chi connectivity index (χ2v) is 5.65. The Hall–Kier alpha value is -2.03. The lowest BCUT2D eigenvalue weighted by Crippen LogP contribution is -2.29. The first-order valence-corrected chi connectivity index (χ1v) is 7.52. The number of aliphatic hydroxyl groups is 1. The topological polar surface area (TPSA) is 90.4 Å². The van der Waals surface area contributed by atoms with Crippen LogP contribution in [-0.2, 0) is 17.9 Å². The molecule has 0 aromatic carbocycles. The van der Waals surface area contributed by atoms with Crippen LogP contribution in [0.1, 0.15) is 11.5 Å². The Balaban J connectivity index is 1.63. The molecule has 3 aromatic rings. The maximum atomic E-state index is 12.3. The summed E-state index contributed by atoms with van der Waals surface area (Å²) in [6.45, 7) is 2.28. The maximum Gasteiger partial charge on any atom is 0.264 e. The molecule has 0 fully saturated rings. The first-order chi connectivity index (χ1) is 10.6. The highest BCUT2D eigenvalue weighted by atomic mass is 32.1. The van der Waals surface area contributed by atoms with E-state index >= 15 is 0 Å². The van der Waals surface area contributed by atoms with E-state index in [-0.39, 0.29) is 25.3 Å². The summed E-state index contributed by atoms with van der Waals surface area (Å²) in [4.78, 5) is 17.1. The van der Waals surface area contributed by atoms with Gasteiger partial charge in [-0.25, -0.2) is 4.98 Å². The number of fused-ring (bicyclic) bond motifs is 1. The number of furan rings is 1. The van der Waals surface area contributed by atoms with Crippen LogP contribution < -0.4 is 5.56 Å². The van der Waals surface area contributed by atoms with Gasteiger partial charge in [-0.1, -0.05) is 0 Å². The Kier molecular flexibility index (Phi) is 4.32. The highest BCUT2D eigenvalue weighted by Gasteiger charge is 2.13. The van der Waals surface area contributed by atoms with Crippen molar-refractivity contribution in [1.29, 1.82) is 0 Å². The summed E-state index contributed by atoms with van der Waals surface area (Å²) in [6.07, 6.45) is 2.18. The van der Waals surface area contributed by atoms with E-state index in [0.29, 0.717) is 21.7 Å². The molecule has 0 bridgehead atoms. The zero-order valence-electron chi connectivity index (χ0n) is 11.9. The van der Waals surface area contributed by atoms with Crippen molar-refractivity contribution in [3.05, 3.63) is 46.5 Å². The molecule has 116 valence electrons. The summed E-state index contributed by atoms with van der Waals surface area (Å²) in [6, 6.07) is 3.56. The van der Waals surface area contributed by atoms with E-state index in [2.05, 4.69) is 9.36 Å². The van der Waals surface area contributed by atoms with E-state index in [0.717, 1.165) is 0 Å². The fourth-order valence-corrected chi connectivity index (χ4v) is 2.85. The number of ether oxygens (including phenoxy) is 1. The SMILES string of the molecule is Cc1nsc2ncn(CC(O)COCc3ccco3)c(=O)c12. The summed E-state index contributed by atoms with van der Waals surface area (Å²) in [5.41, 5.74) is 0.469. The number of hydrogen-bond acceptors (Lipinski definition) is 7. The van der Waals surface area contributed by atoms with Crippen molar-refractivity contribution in [3.63, 3.8) is 0 Å². The van der Waals surface area contributed by atoms with Crippen LogP contribution in [0.2, 0.25) is 0 Å². The van der Waals surface area contributed by atoms with Gasteiger partial charge in [0.1, 0.15) is 12.4 Å². The number of hydrogen-bond donors (Lipinski definition) is 1. The Morgan fingerprint density at radius 3 is 3.18 bits per heavy atom. The Morgan fingerprint density at radius 1 is 1.55 bits per heavy atom. The van der Waals surface area contributed by atoms with Gasteiger partial charge in [0.15, 0.2) is 4.83 Å². The maximum absolute atomic E-state index is 12.3. The monoisotopic (exact) mass is 321 g/mol. The van der Waals surface area contributed by atoms with Crippen LogP contribution in [0.3, 0.4) is 0 Å². The number of rotatable bonds is 6. The second-order valence-electron chi connectivity index (χ2n) is 4.90. The lowest BCUT2D eigenvalue weighted by molar-refractivity contribution is 0.0142. The number of aryl methyl sites for hydroxylation is 1. The van der Waals surface area contributed by atoms with E-state index in [1.165, 1.54) is 22.4 Å². The highest BCUT2D eigenvalue weighted by Crippen LogP contribution is 2.15. The van der Waals surface area contributed by atoms with Gasteiger partial charge in [0.2, 0.25) is 0 Å². The number of aliphatic hydroxyl groups excluding tert-OH is 1. The molecule has 7 nitrogen and oxygen atoms in total. The van der Waals surface area contributed by atoms with Crippen molar-refractivity contribution in [3.8, 4) is 0 Å². The van der Waals surface area contributed by atoms with Gasteiger partial charge in [0, 0.05) is 0 Å². The lowest BCUT2D eigenvalue weighted by Gasteiger charge is -2.12. The lowest BCUT2D eigenvalue weighted by atomic mass is 10.3. The van der Waals surface area contributed by atoms with E-state index in [9.17, 15) is 9.90 Å². The molecule has 0 aliphatic rings. The molecule has 0 radical (unpaired) electrons. The highest BCUT2D eigenvalue weighted by molar-refractivity contribution is 7.12. The molecule has 22 heavy (non-hydrogen) atoms. The normalized spacial score (nSPS) is 12.8. The molecular weight excluding hydrogens is 306 g/mol. The average Bonchev–Trinajstić information content (AvgIpc) is 3.12. The van der Waals surface area contributed by atoms with Crippen molar-refractivity contribution >= 4 is 21.7 Å². The largest absolute Gasteiger partial charge is 0.467 e. The molecule has 1 atom stereocenters. The van der Waals surface area contributed by atoms with Crippen LogP contribution in [0.4, 0.5) is 0 Å². The van der Waals surface area contributed by atoms with Gasteiger partial charge in [0.05, 0.1) is 42.9 Å². The fourth-order valence-electron chi connectivity index (χ4n) is 2.11. The molecule has 1 unspecified atom stereocenters. The third-order valence-electron chi connectivity index (χ3n) is 3.18. The first kappa shape index (κ1) is 14.9. The van der Waals surface area contributed by atoms with Gasteiger partial charge < -0.3 is 14.3 Å². The molecule has 8 heteroatoms. The molecule has 0 aliphatic heterocycles. The van der Waals surface area contributed by atoms with Crippen LogP contribution in [0.5, 0.6) is 0 Å². The molecule has 1 N–H and O–H groups in total. The average molecular weight is 321 g/mol. The van der Waals surface area contributed by atoms with Gasteiger partial charge >= 0.3 is 0 Å². The Bertz CT molecular complexity index is 809. The zero-order valence-corrected chi connectivity index (χ0v) is 12.7. The van der Waals surface area contributed by atoms with Crippen LogP contribution in [0, 0.1) is 6.92 Å². The predicted molar refractivity (Wildman–Crippen MR) is 80.8 cm³/mol. The fraction of sp³-hybridized carbons (Fsp3) is 0.357. The molecule has 0 saturated carbocycles. The van der Waals surface area contributed by atoms with Crippen LogP contribution >= 0.6 is 11.5 Å². The predicted octanol–water partition coefficient (Wildman–Crippen LogP) is 1.33. The number of aromatic nitrogens is 3. The number of nitrogens with zero attached hydrogens (tertiary/aromatic N) is 3. The van der Waals surface area contributed by atoms with Crippen molar-refractivity contribution in [2.45, 2.75) is 26.2 Å². The minimum atomic E-state index is -0.807. The van der Waals surface area contributed by atoms with Gasteiger partial charge in [-0.3, -0.25) is 9.36 Å². The van der Waals surface area contributed by atoms with Crippen molar-refractivity contribution < 1.29 is 14.3 Å². The summed E-state index contributed by atoms with van der Waals surface area (Å²) in [5, 5.41) is 10.5. The molecule has 0 aliphatic carbocycles. The minimum Gasteiger partial charge on any atom is -0.467 e. The molecule has 3 heterocycles. The molecule has 3 rings (SSSR count). The van der Waals surface area contributed by atoms with Gasteiger partial charge in [0.25, 0.3) is 5.56 Å². The van der Waals surface area contributed by atoms with Crippen LogP contribution in [0.15, 0.2) is 33.9 Å². The molecule has 0 amide bonds. The van der Waals surface area contributed by atoms with E-state index in [1.54, 1.807) is 25.3 Å². The smallest absolute Gasteiger partial charge is 0.264 e. The third kappa shape index (κ3) is 3.08. The van der Waals surface area contributed by atoms with Crippen molar-refractivity contribution in [2.24, 2.45) is 0 Å². The summed E-state index contributed by atoms with van der Waals surface area (Å²) in [7, 11) is 0. The summed E-state index contributed by atoms with van der Waals surface area (Å²) < 4.78 is 16.0. The minimum absolute atomic E-state index is 0.103. The molecular formula is C14H15N3O4S. The summed E-state index contributed by atoms with van der Waals surface area (Å²) in [5.74, 6) is 0.687. The first-order valence-electron chi connectivity index (χ1n) is 6.75. The van der Waals surface area contributed by atoms with Gasteiger partial charge in [-0.15, -0.1) is 0 Å². The third-order valence-corrected chi connectivity index (χ3v) is 4.02. The van der Waals surface area contributed by atoms with Gasteiger partial charge in [-0.2, -0.15) is 4.37 Å². The molecule has 0 spiro atoms. The van der Waals surface area contributed by atoms with E-state index < -0.39 is 6.10 Å². The zero-order chi connectivity index (χ0) is 15.5. The van der Waals surface area contributed by atoms with Crippen LogP contribution in [-0.4, -0.2) is 31.7 Å². The quantitative estimate of drug-likeness (QED) is 0.736. The van der Waals surface area contributed by atoms with Crippen LogP contribution in [0.25, 0.3) is 10.2 Å². The second kappa shape index (κ2) is 6.39. The Labute approximate surface area is 130 Å². The van der Waals surface area contributed by atoms with Gasteiger partial charge in [-0.05, 0) is 30.6 Å². The molecule has 3 aromatic heterocycles. The standard InChI is InChI=1S/C14H15N3O4S/c1-9-12-13(22-16-9)15-8-17(14(12)19)5-10(18)6-20-7-11-3-2-4-21-11/h2-4,8,10,18H,5-7H2,1H3.